The summed E-state index contributed by atoms with van der Waals surface area (Å²) < 4.78 is 7.40. The lowest BCUT2D eigenvalue weighted by atomic mass is 9.73. The van der Waals surface area contributed by atoms with Gasteiger partial charge < -0.3 is 15.4 Å². The number of nitrogens with one attached hydrogen (secondary N) is 1. The molecule has 5 rings (SSSR count). The molecule has 0 bridgehead atoms. The van der Waals surface area contributed by atoms with Crippen LogP contribution in [-0.2, 0) is 11.8 Å². The zero-order valence-electron chi connectivity index (χ0n) is 16.9. The minimum absolute atomic E-state index is 0.0145. The minimum Gasteiger partial charge on any atom is -0.376 e. The summed E-state index contributed by atoms with van der Waals surface area (Å²) >= 11 is 6.01. The van der Waals surface area contributed by atoms with E-state index in [0.717, 1.165) is 31.5 Å². The van der Waals surface area contributed by atoms with E-state index in [2.05, 4.69) is 20.1 Å². The van der Waals surface area contributed by atoms with Crippen molar-refractivity contribution in [3.8, 4) is 11.3 Å². The third kappa shape index (κ3) is 2.91. The lowest BCUT2D eigenvalue weighted by Crippen LogP contribution is -2.51. The Morgan fingerprint density at radius 2 is 2.13 bits per heavy atom. The molecule has 2 fully saturated rings. The molecule has 3 N–H and O–H groups in total. The van der Waals surface area contributed by atoms with E-state index >= 15 is 0 Å². The highest BCUT2D eigenvalue weighted by Gasteiger charge is 2.47. The summed E-state index contributed by atoms with van der Waals surface area (Å²) in [4.78, 5) is 24.1. The number of ether oxygens (including phenoxy) is 1. The van der Waals surface area contributed by atoms with E-state index in [0.29, 0.717) is 34.4 Å². The van der Waals surface area contributed by atoms with Crippen LogP contribution in [0.15, 0.2) is 23.1 Å². The second-order valence-electron chi connectivity index (χ2n) is 8.33. The van der Waals surface area contributed by atoms with Crippen LogP contribution in [0.3, 0.4) is 0 Å². The summed E-state index contributed by atoms with van der Waals surface area (Å²) in [6, 6.07) is 3.50. The van der Waals surface area contributed by atoms with Gasteiger partial charge in [-0.3, -0.25) is 14.5 Å². The van der Waals surface area contributed by atoms with Gasteiger partial charge in [0, 0.05) is 43.4 Å². The van der Waals surface area contributed by atoms with Crippen LogP contribution in [0.1, 0.15) is 19.8 Å². The Morgan fingerprint density at radius 1 is 1.37 bits per heavy atom. The number of hydrogen-bond acceptors (Lipinski definition) is 7. The molecule has 0 amide bonds. The Kier molecular flexibility index (Phi) is 4.57. The van der Waals surface area contributed by atoms with Crippen molar-refractivity contribution in [1.29, 1.82) is 0 Å². The fourth-order valence-electron chi connectivity index (χ4n) is 4.72. The first-order valence-electron chi connectivity index (χ1n) is 10.1. The van der Waals surface area contributed by atoms with Crippen LogP contribution in [0.2, 0.25) is 5.15 Å². The van der Waals surface area contributed by atoms with E-state index in [4.69, 9.17) is 27.1 Å². The number of rotatable bonds is 2. The van der Waals surface area contributed by atoms with Crippen LogP contribution >= 0.6 is 11.6 Å². The molecule has 158 valence electrons. The van der Waals surface area contributed by atoms with Crippen molar-refractivity contribution >= 4 is 28.6 Å². The lowest BCUT2D eigenvalue weighted by molar-refractivity contribution is 0.0973. The number of nitrogens with two attached hydrogens (primary N) is 1. The Morgan fingerprint density at radius 3 is 2.80 bits per heavy atom. The number of anilines is 1. The van der Waals surface area contributed by atoms with Gasteiger partial charge in [-0.15, -0.1) is 0 Å². The SMILES string of the molecule is C[C@@H]1OCC2(CCN(c3nc4[nH]nc(-c5ccnc(Cl)c5)c4c(=O)n3C)CC2)[C@@H]1N. The molecule has 0 radical (unpaired) electrons. The molecule has 2 saturated heterocycles. The predicted octanol–water partition coefficient (Wildman–Crippen LogP) is 1.70. The maximum Gasteiger partial charge on any atom is 0.266 e. The van der Waals surface area contributed by atoms with Gasteiger partial charge in [-0.25, -0.2) is 4.98 Å². The molecule has 9 nitrogen and oxygen atoms in total. The van der Waals surface area contributed by atoms with Crippen LogP contribution < -0.4 is 16.2 Å². The molecule has 3 aromatic heterocycles. The van der Waals surface area contributed by atoms with E-state index in [-0.39, 0.29) is 23.1 Å². The molecule has 3 aromatic rings. The van der Waals surface area contributed by atoms with Gasteiger partial charge in [-0.1, -0.05) is 11.6 Å². The third-order valence-corrected chi connectivity index (χ3v) is 6.87. The normalized spacial score (nSPS) is 23.5. The molecule has 2 aliphatic heterocycles. The fourth-order valence-corrected chi connectivity index (χ4v) is 4.89. The summed E-state index contributed by atoms with van der Waals surface area (Å²) in [7, 11) is 1.75. The van der Waals surface area contributed by atoms with Crippen molar-refractivity contribution in [2.45, 2.75) is 31.9 Å². The lowest BCUT2D eigenvalue weighted by Gasteiger charge is -2.41. The van der Waals surface area contributed by atoms with Gasteiger partial charge in [0.15, 0.2) is 5.65 Å². The molecule has 0 saturated carbocycles. The maximum absolute atomic E-state index is 13.2. The van der Waals surface area contributed by atoms with Crippen molar-refractivity contribution < 1.29 is 4.74 Å². The Balaban J connectivity index is 1.49. The van der Waals surface area contributed by atoms with Gasteiger partial charge in [0.05, 0.1) is 12.7 Å². The molecule has 2 aliphatic rings. The van der Waals surface area contributed by atoms with Crippen LogP contribution in [0.5, 0.6) is 0 Å². The maximum atomic E-state index is 13.2. The largest absolute Gasteiger partial charge is 0.376 e. The molecule has 2 atom stereocenters. The number of H-pyrrole nitrogens is 1. The van der Waals surface area contributed by atoms with Crippen molar-refractivity contribution in [1.82, 2.24) is 24.7 Å². The highest BCUT2D eigenvalue weighted by molar-refractivity contribution is 6.29. The number of halogens is 1. The molecule has 0 unspecified atom stereocenters. The topological polar surface area (TPSA) is 115 Å². The van der Waals surface area contributed by atoms with Gasteiger partial charge in [0.25, 0.3) is 5.56 Å². The second kappa shape index (κ2) is 7.04. The molecule has 1 spiro atoms. The molecule has 10 heteroatoms. The average Bonchev–Trinajstić information content (AvgIpc) is 3.29. The molecule has 30 heavy (non-hydrogen) atoms. The van der Waals surface area contributed by atoms with Crippen LogP contribution in [0.25, 0.3) is 22.3 Å². The van der Waals surface area contributed by atoms with Gasteiger partial charge in [-0.05, 0) is 31.9 Å². The van der Waals surface area contributed by atoms with Crippen LogP contribution in [0.4, 0.5) is 5.95 Å². The first kappa shape index (κ1) is 19.5. The number of aromatic nitrogens is 5. The number of nitrogens with zero attached hydrogens (tertiary/aromatic N) is 5. The van der Waals surface area contributed by atoms with Crippen molar-refractivity contribution in [2.24, 2.45) is 18.2 Å². The Hall–Kier alpha value is -2.49. The minimum atomic E-state index is -0.151. The number of hydrogen-bond donors (Lipinski definition) is 2. The zero-order chi connectivity index (χ0) is 21.0. The third-order valence-electron chi connectivity index (χ3n) is 6.67. The molecular weight excluding hydrogens is 406 g/mol. The summed E-state index contributed by atoms with van der Waals surface area (Å²) in [6.45, 7) is 4.29. The molecule has 5 heterocycles. The van der Waals surface area contributed by atoms with E-state index in [9.17, 15) is 4.79 Å². The fraction of sp³-hybridized carbons (Fsp3) is 0.500. The highest BCUT2D eigenvalue weighted by Crippen LogP contribution is 2.41. The van der Waals surface area contributed by atoms with Gasteiger partial charge in [0.2, 0.25) is 5.95 Å². The number of pyridine rings is 1. The van der Waals surface area contributed by atoms with E-state index in [1.54, 1.807) is 29.9 Å². The van der Waals surface area contributed by atoms with Gasteiger partial charge >= 0.3 is 0 Å². The monoisotopic (exact) mass is 429 g/mol. The van der Waals surface area contributed by atoms with E-state index in [1.807, 2.05) is 6.92 Å². The highest BCUT2D eigenvalue weighted by atomic mass is 35.5. The smallest absolute Gasteiger partial charge is 0.266 e. The quantitative estimate of drug-likeness (QED) is 0.596. The van der Waals surface area contributed by atoms with Crippen LogP contribution in [0, 0.1) is 5.41 Å². The van der Waals surface area contributed by atoms with Gasteiger partial charge in [-0.2, -0.15) is 10.1 Å². The van der Waals surface area contributed by atoms with Crippen molar-refractivity contribution in [3.05, 3.63) is 33.8 Å². The van der Waals surface area contributed by atoms with Gasteiger partial charge in [0.1, 0.15) is 16.2 Å². The summed E-state index contributed by atoms with van der Waals surface area (Å²) in [5, 5.41) is 8.03. The number of piperidine rings is 1. The first-order chi connectivity index (χ1) is 14.4. The Labute approximate surface area is 178 Å². The summed E-state index contributed by atoms with van der Waals surface area (Å²) in [5.74, 6) is 0.630. The Bertz CT molecular complexity index is 1170. The molecule has 0 aromatic carbocycles. The first-order valence-corrected chi connectivity index (χ1v) is 10.5. The van der Waals surface area contributed by atoms with E-state index < -0.39 is 0 Å². The zero-order valence-corrected chi connectivity index (χ0v) is 17.7. The van der Waals surface area contributed by atoms with Crippen molar-refractivity contribution in [3.63, 3.8) is 0 Å². The predicted molar refractivity (Wildman–Crippen MR) is 115 cm³/mol. The van der Waals surface area contributed by atoms with Crippen LogP contribution in [-0.4, -0.2) is 56.6 Å². The van der Waals surface area contributed by atoms with E-state index in [1.165, 1.54) is 0 Å². The van der Waals surface area contributed by atoms with Crippen molar-refractivity contribution in [2.75, 3.05) is 24.6 Å². The average molecular weight is 430 g/mol. The second-order valence-corrected chi connectivity index (χ2v) is 8.72. The molecular formula is C20H24ClN7O2. The summed E-state index contributed by atoms with van der Waals surface area (Å²) in [5.41, 5.74) is 8.00. The number of aromatic amines is 1. The summed E-state index contributed by atoms with van der Waals surface area (Å²) in [6.07, 6.45) is 3.50. The number of fused-ring (bicyclic) bond motifs is 1. The molecule has 0 aliphatic carbocycles. The standard InChI is InChI=1S/C20H24ClN7O2/c1-11-16(22)20(10-30-11)4-7-28(8-5-20)19-24-17-14(18(29)27(19)2)15(25-26-17)12-3-6-23-13(21)9-12/h3,6,9,11,16H,4-5,7-8,10,22H2,1-2H3,(H,25,26)/t11-,16+/m0/s1.